The van der Waals surface area contributed by atoms with Crippen LogP contribution < -0.4 is 9.46 Å². The molecule has 0 saturated heterocycles. The van der Waals surface area contributed by atoms with Crippen LogP contribution in [0.4, 0.5) is 5.69 Å². The highest BCUT2D eigenvalue weighted by atomic mass is 79.9. The molecule has 0 aliphatic heterocycles. The molecule has 0 atom stereocenters. The zero-order valence-electron chi connectivity index (χ0n) is 10.8. The number of hydrogen-bond donors (Lipinski definition) is 1. The van der Waals surface area contributed by atoms with Gasteiger partial charge >= 0.3 is 10.2 Å². The molecule has 7 heteroatoms. The number of hydrogen-bond acceptors (Lipinski definition) is 3. The number of ether oxygens (including phenoxy) is 1. The van der Waals surface area contributed by atoms with Gasteiger partial charge in [-0.3, -0.25) is 4.72 Å². The zero-order chi connectivity index (χ0) is 13.9. The van der Waals surface area contributed by atoms with Gasteiger partial charge in [0.1, 0.15) is 5.75 Å². The molecule has 1 aromatic rings. The van der Waals surface area contributed by atoms with Gasteiger partial charge in [0.25, 0.3) is 0 Å². The van der Waals surface area contributed by atoms with Gasteiger partial charge in [0.2, 0.25) is 0 Å². The molecule has 102 valence electrons. The number of rotatable bonds is 5. The van der Waals surface area contributed by atoms with Crippen molar-refractivity contribution < 1.29 is 13.2 Å². The summed E-state index contributed by atoms with van der Waals surface area (Å²) in [6.07, 6.45) is 0. The Hall–Kier alpha value is -0.790. The molecule has 0 bridgehead atoms. The second-order valence-electron chi connectivity index (χ2n) is 4.07. The maximum atomic E-state index is 12.0. The van der Waals surface area contributed by atoms with Gasteiger partial charge in [-0.25, -0.2) is 0 Å². The van der Waals surface area contributed by atoms with Gasteiger partial charge < -0.3 is 4.74 Å². The van der Waals surface area contributed by atoms with Crippen molar-refractivity contribution in [3.05, 3.63) is 22.7 Å². The molecule has 0 aromatic heterocycles. The molecule has 18 heavy (non-hydrogen) atoms. The van der Waals surface area contributed by atoms with E-state index in [1.807, 2.05) is 13.8 Å². The lowest BCUT2D eigenvalue weighted by atomic mass is 10.3. The first-order valence-electron chi connectivity index (χ1n) is 5.37. The van der Waals surface area contributed by atoms with Crippen LogP contribution in [0.25, 0.3) is 0 Å². The Bertz CT molecular complexity index is 517. The fourth-order valence-electron chi connectivity index (χ4n) is 1.23. The summed E-state index contributed by atoms with van der Waals surface area (Å²) in [5.41, 5.74) is 0.482. The van der Waals surface area contributed by atoms with E-state index >= 15 is 0 Å². The third-order valence-electron chi connectivity index (χ3n) is 2.50. The minimum Gasteiger partial charge on any atom is -0.496 e. The van der Waals surface area contributed by atoms with Crippen LogP contribution in [0, 0.1) is 0 Å². The summed E-state index contributed by atoms with van der Waals surface area (Å²) in [6, 6.07) is 4.89. The summed E-state index contributed by atoms with van der Waals surface area (Å²) in [6.45, 7) is 3.62. The number of benzene rings is 1. The third kappa shape index (κ3) is 3.60. The molecule has 0 aliphatic rings. The van der Waals surface area contributed by atoms with Gasteiger partial charge in [-0.1, -0.05) is 0 Å². The minimum atomic E-state index is -3.53. The monoisotopic (exact) mass is 336 g/mol. The standard InChI is InChI=1S/C11H17BrN2O3S/c1-8(2)14(3)18(15,16)13-9-5-6-11(17-4)10(12)7-9/h5-8,13H,1-4H3. The van der Waals surface area contributed by atoms with E-state index in [2.05, 4.69) is 20.7 Å². The second kappa shape index (κ2) is 5.90. The van der Waals surface area contributed by atoms with Crippen molar-refractivity contribution in [1.82, 2.24) is 4.31 Å². The van der Waals surface area contributed by atoms with Crippen molar-refractivity contribution >= 4 is 31.8 Å². The summed E-state index contributed by atoms with van der Waals surface area (Å²) in [5, 5.41) is 0. The Balaban J connectivity index is 2.95. The first-order chi connectivity index (χ1) is 8.27. The van der Waals surface area contributed by atoms with E-state index in [4.69, 9.17) is 4.74 Å². The fourth-order valence-corrected chi connectivity index (χ4v) is 2.89. The molecule has 0 heterocycles. The minimum absolute atomic E-state index is 0.107. The van der Waals surface area contributed by atoms with Crippen molar-refractivity contribution in [2.45, 2.75) is 19.9 Å². The third-order valence-corrected chi connectivity index (χ3v) is 4.80. The molecule has 5 nitrogen and oxygen atoms in total. The maximum Gasteiger partial charge on any atom is 0.301 e. The lowest BCUT2D eigenvalue weighted by molar-refractivity contribution is 0.411. The molecule has 0 spiro atoms. The topological polar surface area (TPSA) is 58.6 Å². The SMILES string of the molecule is COc1ccc(NS(=O)(=O)N(C)C(C)C)cc1Br. The van der Waals surface area contributed by atoms with Crippen LogP contribution in [-0.2, 0) is 10.2 Å². The quantitative estimate of drug-likeness (QED) is 0.898. The summed E-state index contributed by atoms with van der Waals surface area (Å²) in [5.74, 6) is 0.648. The Morgan fingerprint density at radius 2 is 2.00 bits per heavy atom. The predicted octanol–water partition coefficient (Wildman–Crippen LogP) is 2.45. The number of halogens is 1. The molecule has 0 radical (unpaired) electrons. The molecule has 0 amide bonds. The maximum absolute atomic E-state index is 12.0. The second-order valence-corrected chi connectivity index (χ2v) is 6.65. The lowest BCUT2D eigenvalue weighted by Gasteiger charge is -2.21. The Kier molecular flexibility index (Phi) is 5.01. The van der Waals surface area contributed by atoms with Crippen molar-refractivity contribution in [3.63, 3.8) is 0 Å². The van der Waals surface area contributed by atoms with E-state index < -0.39 is 10.2 Å². The van der Waals surface area contributed by atoms with Gasteiger partial charge in [0.05, 0.1) is 17.3 Å². The van der Waals surface area contributed by atoms with Crippen molar-refractivity contribution in [3.8, 4) is 5.75 Å². The highest BCUT2D eigenvalue weighted by Gasteiger charge is 2.20. The predicted molar refractivity (Wildman–Crippen MR) is 76.1 cm³/mol. The Morgan fingerprint density at radius 1 is 1.39 bits per heavy atom. The van der Waals surface area contributed by atoms with Gasteiger partial charge in [-0.05, 0) is 48.0 Å². The molecule has 0 saturated carbocycles. The normalized spacial score (nSPS) is 11.9. The number of methoxy groups -OCH3 is 1. The highest BCUT2D eigenvalue weighted by molar-refractivity contribution is 9.10. The van der Waals surface area contributed by atoms with Crippen LogP contribution in [0.1, 0.15) is 13.8 Å². The van der Waals surface area contributed by atoms with Gasteiger partial charge in [-0.15, -0.1) is 0 Å². The molecule has 0 aliphatic carbocycles. The largest absolute Gasteiger partial charge is 0.496 e. The molecule has 1 N–H and O–H groups in total. The number of nitrogens with one attached hydrogen (secondary N) is 1. The van der Waals surface area contributed by atoms with E-state index in [0.717, 1.165) is 0 Å². The molecule has 1 rings (SSSR count). The van der Waals surface area contributed by atoms with Crippen molar-refractivity contribution in [2.24, 2.45) is 0 Å². The Labute approximate surface area is 116 Å². The van der Waals surface area contributed by atoms with Crippen molar-refractivity contribution in [2.75, 3.05) is 18.9 Å². The van der Waals surface area contributed by atoms with Gasteiger partial charge in [-0.2, -0.15) is 12.7 Å². The van der Waals surface area contributed by atoms with E-state index in [9.17, 15) is 8.42 Å². The van der Waals surface area contributed by atoms with Crippen LogP contribution in [0.15, 0.2) is 22.7 Å². The smallest absolute Gasteiger partial charge is 0.301 e. The zero-order valence-corrected chi connectivity index (χ0v) is 13.2. The average molecular weight is 337 g/mol. The van der Waals surface area contributed by atoms with Gasteiger partial charge in [0.15, 0.2) is 0 Å². The summed E-state index contributed by atoms with van der Waals surface area (Å²) < 4.78 is 33.5. The van der Waals surface area contributed by atoms with E-state index in [0.29, 0.717) is 15.9 Å². The van der Waals surface area contributed by atoms with Crippen LogP contribution in [0.3, 0.4) is 0 Å². The first-order valence-corrected chi connectivity index (χ1v) is 7.60. The van der Waals surface area contributed by atoms with E-state index in [1.54, 1.807) is 25.3 Å². The van der Waals surface area contributed by atoms with Crippen LogP contribution >= 0.6 is 15.9 Å². The van der Waals surface area contributed by atoms with Gasteiger partial charge in [0, 0.05) is 13.1 Å². The highest BCUT2D eigenvalue weighted by Crippen LogP contribution is 2.28. The average Bonchev–Trinajstić information content (AvgIpc) is 2.27. The Morgan fingerprint density at radius 3 is 2.44 bits per heavy atom. The fraction of sp³-hybridized carbons (Fsp3) is 0.455. The first kappa shape index (κ1) is 15.3. The summed E-state index contributed by atoms with van der Waals surface area (Å²) in [7, 11) is -0.442. The molecule has 1 aromatic carbocycles. The summed E-state index contributed by atoms with van der Waals surface area (Å²) in [4.78, 5) is 0. The van der Waals surface area contributed by atoms with Crippen LogP contribution in [0.2, 0.25) is 0 Å². The van der Waals surface area contributed by atoms with E-state index in [1.165, 1.54) is 11.4 Å². The van der Waals surface area contributed by atoms with Crippen molar-refractivity contribution in [1.29, 1.82) is 0 Å². The lowest BCUT2D eigenvalue weighted by Crippen LogP contribution is -2.37. The molecular weight excluding hydrogens is 320 g/mol. The number of anilines is 1. The van der Waals surface area contributed by atoms with E-state index in [-0.39, 0.29) is 6.04 Å². The molecule has 0 unspecified atom stereocenters. The molecular formula is C11H17BrN2O3S. The molecule has 0 fully saturated rings. The van der Waals surface area contributed by atoms with Crippen LogP contribution in [-0.4, -0.2) is 32.9 Å². The number of nitrogens with zero attached hydrogens (tertiary/aromatic N) is 1. The van der Waals surface area contributed by atoms with Crippen LogP contribution in [0.5, 0.6) is 5.75 Å². The summed E-state index contributed by atoms with van der Waals surface area (Å²) >= 11 is 3.31.